The zero-order valence-electron chi connectivity index (χ0n) is 11.0. The monoisotopic (exact) mass is 356 g/mol. The fourth-order valence-electron chi connectivity index (χ4n) is 2.10. The van der Waals surface area contributed by atoms with Gasteiger partial charge in [0.05, 0.1) is 0 Å². The van der Waals surface area contributed by atoms with Crippen molar-refractivity contribution in [3.8, 4) is 0 Å². The zero-order chi connectivity index (χ0) is 14.5. The number of halogens is 3. The second kappa shape index (κ2) is 7.16. The largest absolute Gasteiger partial charge is 0.310 e. The van der Waals surface area contributed by atoms with Crippen molar-refractivity contribution in [2.75, 3.05) is 6.54 Å². The number of aromatic nitrogens is 1. The van der Waals surface area contributed by atoms with Gasteiger partial charge in [-0.1, -0.05) is 24.6 Å². The van der Waals surface area contributed by atoms with Crippen molar-refractivity contribution in [1.29, 1.82) is 0 Å². The molecule has 0 radical (unpaired) electrons. The van der Waals surface area contributed by atoms with E-state index in [9.17, 15) is 4.39 Å². The Labute approximate surface area is 131 Å². The van der Waals surface area contributed by atoms with Crippen LogP contribution in [-0.4, -0.2) is 11.5 Å². The molecule has 2 rings (SSSR count). The number of hydrogen-bond donors (Lipinski definition) is 1. The van der Waals surface area contributed by atoms with Gasteiger partial charge < -0.3 is 5.32 Å². The van der Waals surface area contributed by atoms with Crippen LogP contribution in [0.5, 0.6) is 0 Å². The smallest absolute Gasteiger partial charge is 0.127 e. The molecular formula is C15H15BrClFN2. The Bertz CT molecular complexity index is 572. The molecule has 0 spiro atoms. The Morgan fingerprint density at radius 3 is 2.85 bits per heavy atom. The minimum absolute atomic E-state index is 0.0283. The van der Waals surface area contributed by atoms with Gasteiger partial charge in [0.1, 0.15) is 5.82 Å². The summed E-state index contributed by atoms with van der Waals surface area (Å²) in [7, 11) is 0. The molecule has 1 N–H and O–H groups in total. The molecule has 0 saturated carbocycles. The number of pyridine rings is 1. The highest BCUT2D eigenvalue weighted by molar-refractivity contribution is 9.10. The molecule has 2 nitrogen and oxygen atoms in total. The second-order valence-corrected chi connectivity index (χ2v) is 5.77. The molecule has 0 saturated heterocycles. The van der Waals surface area contributed by atoms with Crippen LogP contribution >= 0.6 is 27.5 Å². The second-order valence-electron chi connectivity index (χ2n) is 4.45. The van der Waals surface area contributed by atoms with Gasteiger partial charge in [-0.25, -0.2) is 4.39 Å². The van der Waals surface area contributed by atoms with E-state index in [0.29, 0.717) is 17.0 Å². The molecule has 2 aromatic rings. The van der Waals surface area contributed by atoms with Crippen molar-refractivity contribution in [1.82, 2.24) is 10.3 Å². The van der Waals surface area contributed by atoms with Crippen LogP contribution in [0.1, 0.15) is 24.1 Å². The lowest BCUT2D eigenvalue weighted by molar-refractivity contribution is 0.526. The molecule has 20 heavy (non-hydrogen) atoms. The highest BCUT2D eigenvalue weighted by atomic mass is 79.9. The maximum atomic E-state index is 13.9. The Balaban J connectivity index is 2.30. The molecule has 0 fully saturated rings. The van der Waals surface area contributed by atoms with Crippen LogP contribution < -0.4 is 5.32 Å². The summed E-state index contributed by atoms with van der Waals surface area (Å²) < 4.78 is 14.8. The van der Waals surface area contributed by atoms with Gasteiger partial charge in [-0.2, -0.15) is 0 Å². The van der Waals surface area contributed by atoms with Gasteiger partial charge in [-0.15, -0.1) is 0 Å². The highest BCUT2D eigenvalue weighted by Crippen LogP contribution is 2.26. The summed E-state index contributed by atoms with van der Waals surface area (Å²) in [6, 6.07) is 6.71. The predicted octanol–water partition coefficient (Wildman–Crippen LogP) is 4.53. The van der Waals surface area contributed by atoms with E-state index in [2.05, 4.69) is 26.2 Å². The molecule has 1 heterocycles. The van der Waals surface area contributed by atoms with E-state index in [1.165, 1.54) is 6.07 Å². The van der Waals surface area contributed by atoms with Gasteiger partial charge in [0, 0.05) is 33.5 Å². The van der Waals surface area contributed by atoms with Crippen molar-refractivity contribution in [2.24, 2.45) is 0 Å². The maximum Gasteiger partial charge on any atom is 0.127 e. The first-order chi connectivity index (χ1) is 9.61. The van der Waals surface area contributed by atoms with E-state index in [1.807, 2.05) is 13.0 Å². The minimum Gasteiger partial charge on any atom is -0.310 e. The Morgan fingerprint density at radius 2 is 2.20 bits per heavy atom. The molecule has 1 atom stereocenters. The van der Waals surface area contributed by atoms with E-state index in [0.717, 1.165) is 16.6 Å². The Morgan fingerprint density at radius 1 is 1.40 bits per heavy atom. The average Bonchev–Trinajstić information content (AvgIpc) is 2.42. The van der Waals surface area contributed by atoms with Crippen molar-refractivity contribution < 1.29 is 4.39 Å². The van der Waals surface area contributed by atoms with Crippen LogP contribution in [0.4, 0.5) is 4.39 Å². The highest BCUT2D eigenvalue weighted by Gasteiger charge is 2.16. The van der Waals surface area contributed by atoms with Crippen molar-refractivity contribution in [3.63, 3.8) is 0 Å². The SMILES string of the molecule is CCNC(Cc1c(F)cccc1Cl)c1cncc(Br)c1. The normalized spacial score (nSPS) is 12.4. The van der Waals surface area contributed by atoms with Crippen LogP contribution in [0.2, 0.25) is 5.02 Å². The van der Waals surface area contributed by atoms with E-state index in [-0.39, 0.29) is 11.9 Å². The maximum absolute atomic E-state index is 13.9. The summed E-state index contributed by atoms with van der Waals surface area (Å²) in [5, 5.41) is 3.80. The molecule has 106 valence electrons. The quantitative estimate of drug-likeness (QED) is 0.850. The van der Waals surface area contributed by atoms with Crippen LogP contribution in [-0.2, 0) is 6.42 Å². The molecule has 1 aromatic heterocycles. The number of nitrogens with one attached hydrogen (secondary N) is 1. The summed E-state index contributed by atoms with van der Waals surface area (Å²) in [6.07, 6.45) is 3.99. The van der Waals surface area contributed by atoms with Crippen LogP contribution in [0, 0.1) is 5.82 Å². The molecule has 1 aromatic carbocycles. The van der Waals surface area contributed by atoms with E-state index in [1.54, 1.807) is 24.5 Å². The number of benzene rings is 1. The van der Waals surface area contributed by atoms with Gasteiger partial charge in [0.2, 0.25) is 0 Å². The van der Waals surface area contributed by atoms with Crippen molar-refractivity contribution >= 4 is 27.5 Å². The summed E-state index contributed by atoms with van der Waals surface area (Å²) in [5.74, 6) is -0.275. The van der Waals surface area contributed by atoms with Gasteiger partial charge in [-0.05, 0) is 52.7 Å². The van der Waals surface area contributed by atoms with Crippen molar-refractivity contribution in [2.45, 2.75) is 19.4 Å². The van der Waals surface area contributed by atoms with Crippen LogP contribution in [0.25, 0.3) is 0 Å². The third-order valence-electron chi connectivity index (χ3n) is 3.05. The molecule has 5 heteroatoms. The lowest BCUT2D eigenvalue weighted by Gasteiger charge is -2.19. The topological polar surface area (TPSA) is 24.9 Å². The third kappa shape index (κ3) is 3.78. The van der Waals surface area contributed by atoms with Gasteiger partial charge in [0.15, 0.2) is 0 Å². The summed E-state index contributed by atoms with van der Waals surface area (Å²) in [6.45, 7) is 2.80. The van der Waals surface area contributed by atoms with Crippen LogP contribution in [0.15, 0.2) is 41.1 Å². The molecule has 0 aliphatic rings. The Kier molecular flexibility index (Phi) is 5.52. The lowest BCUT2D eigenvalue weighted by atomic mass is 9.99. The molecule has 1 unspecified atom stereocenters. The average molecular weight is 358 g/mol. The number of rotatable bonds is 5. The standard InChI is InChI=1S/C15H15BrClFN2/c1-2-20-15(10-6-11(16)9-19-8-10)7-12-13(17)4-3-5-14(12)18/h3-6,8-9,15,20H,2,7H2,1H3. The first-order valence-corrected chi connectivity index (χ1v) is 7.55. The minimum atomic E-state index is -0.275. The van der Waals surface area contributed by atoms with E-state index in [4.69, 9.17) is 11.6 Å². The summed E-state index contributed by atoms with van der Waals surface area (Å²) in [4.78, 5) is 4.16. The lowest BCUT2D eigenvalue weighted by Crippen LogP contribution is -2.23. The van der Waals surface area contributed by atoms with Crippen LogP contribution in [0.3, 0.4) is 0 Å². The van der Waals surface area contributed by atoms with Crippen molar-refractivity contribution in [3.05, 3.63) is 63.1 Å². The molecule has 0 aliphatic carbocycles. The first-order valence-electron chi connectivity index (χ1n) is 6.38. The molecular weight excluding hydrogens is 343 g/mol. The fourth-order valence-corrected chi connectivity index (χ4v) is 2.73. The number of hydrogen-bond acceptors (Lipinski definition) is 2. The number of likely N-dealkylation sites (N-methyl/N-ethyl adjacent to an activating group) is 1. The van der Waals surface area contributed by atoms with Gasteiger partial charge in [-0.3, -0.25) is 4.98 Å². The molecule has 0 bridgehead atoms. The molecule has 0 amide bonds. The van der Waals surface area contributed by atoms with Gasteiger partial charge >= 0.3 is 0 Å². The Hall–Kier alpha value is -0.970. The molecule has 0 aliphatic heterocycles. The number of nitrogens with zero attached hydrogens (tertiary/aromatic N) is 1. The van der Waals surface area contributed by atoms with E-state index >= 15 is 0 Å². The predicted molar refractivity (Wildman–Crippen MR) is 83.5 cm³/mol. The zero-order valence-corrected chi connectivity index (χ0v) is 13.4. The van der Waals surface area contributed by atoms with Gasteiger partial charge in [0.25, 0.3) is 0 Å². The van der Waals surface area contributed by atoms with E-state index < -0.39 is 0 Å². The summed E-state index contributed by atoms with van der Waals surface area (Å²) in [5.41, 5.74) is 1.53. The third-order valence-corrected chi connectivity index (χ3v) is 3.84. The first kappa shape index (κ1) is 15.4. The fraction of sp³-hybridized carbons (Fsp3) is 0.267. The summed E-state index contributed by atoms with van der Waals surface area (Å²) >= 11 is 9.51.